The summed E-state index contributed by atoms with van der Waals surface area (Å²) in [6.45, 7) is 3.06. The van der Waals surface area contributed by atoms with Crippen LogP contribution in [0.3, 0.4) is 0 Å². The van der Waals surface area contributed by atoms with Crippen molar-refractivity contribution in [2.24, 2.45) is 0 Å². The van der Waals surface area contributed by atoms with E-state index >= 15 is 0 Å². The van der Waals surface area contributed by atoms with E-state index in [0.29, 0.717) is 0 Å². The third-order valence-corrected chi connectivity index (χ3v) is 0. The van der Waals surface area contributed by atoms with E-state index in [2.05, 4.69) is 0 Å². The molecule has 0 aromatic rings. The van der Waals surface area contributed by atoms with Gasteiger partial charge in [-0.25, -0.2) is 0 Å². The van der Waals surface area contributed by atoms with Crippen LogP contribution in [-0.2, 0) is 4.79 Å². The van der Waals surface area contributed by atoms with Gasteiger partial charge in [0.15, 0.2) is 0 Å². The molecule has 1 nitrogen and oxygen atoms in total. The minimum absolute atomic E-state index is 0. The average Bonchev–Trinajstić information content (AvgIpc) is 0.811. The van der Waals surface area contributed by atoms with Gasteiger partial charge in [-0.05, 0) is 13.8 Å². The van der Waals surface area contributed by atoms with Crippen LogP contribution in [0.15, 0.2) is 0 Å². The number of carbonyl (C=O) groups excluding carboxylic acids is 1. The van der Waals surface area contributed by atoms with Gasteiger partial charge in [-0.2, -0.15) is 0 Å². The van der Waals surface area contributed by atoms with Crippen LogP contribution in [0.5, 0.6) is 0 Å². The van der Waals surface area contributed by atoms with E-state index in [0.717, 1.165) is 0 Å². The molecular weight excluding hydrogens is 261 g/mol. The molecule has 0 N–H and O–H groups in total. The summed E-state index contributed by atoms with van der Waals surface area (Å²) >= 11 is 0. The maximum atomic E-state index is 9.44. The second kappa shape index (κ2) is 4.55. The van der Waals surface area contributed by atoms with Crippen molar-refractivity contribution in [1.29, 1.82) is 0 Å². The van der Waals surface area contributed by atoms with Gasteiger partial charge in [0.05, 0.1) is 0 Å². The fourth-order valence-electron chi connectivity index (χ4n) is 0. The predicted octanol–water partition coefficient (Wildman–Crippen LogP) is -0.589. The van der Waals surface area contributed by atoms with Crippen LogP contribution in [0.2, 0.25) is 0 Å². The molecule has 5 heavy (non-hydrogen) atoms. The van der Waals surface area contributed by atoms with Crippen molar-refractivity contribution in [1.82, 2.24) is 0 Å². The Labute approximate surface area is 50.9 Å². The van der Waals surface area contributed by atoms with Gasteiger partial charge >= 0.3 is 26.2 Å². The quantitative estimate of drug-likeness (QED) is 0.538. The van der Waals surface area contributed by atoms with Crippen LogP contribution in [-0.4, -0.2) is 32.0 Å². The number of hydrogen-bond acceptors (Lipinski definition) is 1. The number of carbonyl (C=O) groups is 1. The van der Waals surface area contributed by atoms with E-state index in [4.69, 9.17) is 0 Å². The number of ketones is 1. The summed E-state index contributed by atoms with van der Waals surface area (Å²) in [5.74, 6) is 0.167. The van der Waals surface area contributed by atoms with Crippen LogP contribution in [0, 0.1) is 0 Å². The topological polar surface area (TPSA) is 17.1 Å². The zero-order valence-corrected chi connectivity index (χ0v) is 9.11. The molecule has 0 saturated carbocycles. The van der Waals surface area contributed by atoms with Gasteiger partial charge < -0.3 is 4.79 Å². The molecule has 0 radical (unpaired) electrons. The summed E-state index contributed by atoms with van der Waals surface area (Å²) in [5.41, 5.74) is 0. The Kier molecular flexibility index (Phi) is 8.30. The summed E-state index contributed by atoms with van der Waals surface area (Å²) in [6.07, 6.45) is 0. The number of rotatable bonds is 0. The normalized spacial score (nSPS) is 5.20. The third-order valence-electron chi connectivity index (χ3n) is 0. The van der Waals surface area contributed by atoms with Crippen molar-refractivity contribution in [3.05, 3.63) is 0 Å². The molecule has 0 bridgehead atoms. The summed E-state index contributed by atoms with van der Waals surface area (Å²) < 4.78 is 0. The fourth-order valence-corrected chi connectivity index (χ4v) is 0. The zero-order valence-electron chi connectivity index (χ0n) is 3.62. The van der Waals surface area contributed by atoms with E-state index in [1.165, 1.54) is 13.8 Å². The molecule has 0 aliphatic rings. The van der Waals surface area contributed by atoms with E-state index < -0.39 is 0 Å². The van der Waals surface area contributed by atoms with E-state index in [1.807, 2.05) is 0 Å². The van der Waals surface area contributed by atoms with E-state index in [9.17, 15) is 4.79 Å². The first-order valence-corrected chi connectivity index (χ1v) is 1.20. The molecule has 2 heteroatoms. The van der Waals surface area contributed by atoms with Crippen molar-refractivity contribution in [2.45, 2.75) is 13.8 Å². The molecule has 32 valence electrons. The Bertz CT molecular complexity index is 29.9. The van der Waals surface area contributed by atoms with Crippen LogP contribution in [0.25, 0.3) is 0 Å². The predicted molar refractivity (Wildman–Crippen MR) is 26.3 cm³/mol. The fraction of sp³-hybridized carbons (Fsp3) is 0.667. The SMILES string of the molecule is CC(C)=O.[BiH3]. The van der Waals surface area contributed by atoms with Gasteiger partial charge in [0.2, 0.25) is 0 Å². The van der Waals surface area contributed by atoms with Gasteiger partial charge in [-0.3, -0.25) is 0 Å². The monoisotopic (exact) mass is 270 g/mol. The molecule has 0 heterocycles. The molecule has 0 aliphatic carbocycles. The Morgan fingerprint density at radius 2 is 1.40 bits per heavy atom. The average molecular weight is 270 g/mol. The second-order valence-electron chi connectivity index (χ2n) is 0.908. The molecule has 0 aromatic heterocycles. The van der Waals surface area contributed by atoms with Crippen molar-refractivity contribution in [2.75, 3.05) is 0 Å². The minimum atomic E-state index is 0. The molecule has 0 spiro atoms. The van der Waals surface area contributed by atoms with Gasteiger partial charge in [-0.15, -0.1) is 0 Å². The van der Waals surface area contributed by atoms with Crippen molar-refractivity contribution in [3.63, 3.8) is 0 Å². The number of hydrogen-bond donors (Lipinski definition) is 0. The van der Waals surface area contributed by atoms with Crippen LogP contribution in [0.4, 0.5) is 0 Å². The van der Waals surface area contributed by atoms with Crippen LogP contribution in [0.1, 0.15) is 13.8 Å². The summed E-state index contributed by atoms with van der Waals surface area (Å²) in [4.78, 5) is 9.44. The summed E-state index contributed by atoms with van der Waals surface area (Å²) in [5, 5.41) is 0. The summed E-state index contributed by atoms with van der Waals surface area (Å²) in [7, 11) is 0. The first-order chi connectivity index (χ1) is 1.73. The molecular formula is C3H9BiO. The molecule has 0 fully saturated rings. The molecule has 0 aromatic carbocycles. The molecule has 0 amide bonds. The first-order valence-electron chi connectivity index (χ1n) is 1.20. The van der Waals surface area contributed by atoms with Gasteiger partial charge in [0.1, 0.15) is 5.78 Å². The molecule has 0 saturated heterocycles. The standard InChI is InChI=1S/C3H6O.Bi.3H/c1-3(2)4;;;;/h1-2H3;;;;. The second-order valence-corrected chi connectivity index (χ2v) is 0.908. The zero-order chi connectivity index (χ0) is 3.58. The third kappa shape index (κ3) is 97.0. The Hall–Kier alpha value is 0.553. The molecule has 0 unspecified atom stereocenters. The summed E-state index contributed by atoms with van der Waals surface area (Å²) in [6, 6.07) is 0. The van der Waals surface area contributed by atoms with Crippen molar-refractivity contribution < 1.29 is 4.79 Å². The van der Waals surface area contributed by atoms with Crippen LogP contribution >= 0.6 is 0 Å². The Morgan fingerprint density at radius 3 is 1.40 bits per heavy atom. The Balaban J connectivity index is 0. The van der Waals surface area contributed by atoms with Gasteiger partial charge in [0, 0.05) is 0 Å². The molecule has 0 aliphatic heterocycles. The Morgan fingerprint density at radius 1 is 1.40 bits per heavy atom. The van der Waals surface area contributed by atoms with Gasteiger partial charge in [-0.1, -0.05) is 0 Å². The van der Waals surface area contributed by atoms with Crippen molar-refractivity contribution in [3.8, 4) is 0 Å². The van der Waals surface area contributed by atoms with Crippen molar-refractivity contribution >= 4 is 32.0 Å². The first kappa shape index (κ1) is 9.12. The number of Topliss-reactive ketones (excluding diaryl/α,β-unsaturated/α-hetero) is 1. The maximum absolute atomic E-state index is 9.44. The van der Waals surface area contributed by atoms with E-state index in [1.54, 1.807) is 0 Å². The molecule has 0 atom stereocenters. The van der Waals surface area contributed by atoms with Gasteiger partial charge in [0.25, 0.3) is 0 Å². The van der Waals surface area contributed by atoms with E-state index in [-0.39, 0.29) is 32.0 Å². The molecule has 0 rings (SSSR count). The van der Waals surface area contributed by atoms with Crippen LogP contribution < -0.4 is 0 Å².